The molecule has 0 saturated carbocycles. The molecule has 0 heterocycles. The maximum absolute atomic E-state index is 11.7. The molecule has 1 aromatic carbocycles. The first-order chi connectivity index (χ1) is 9.13. The Morgan fingerprint density at radius 1 is 1.32 bits per heavy atom. The van der Waals surface area contributed by atoms with E-state index in [1.165, 1.54) is 0 Å². The lowest BCUT2D eigenvalue weighted by Crippen LogP contribution is -2.26. The highest BCUT2D eigenvalue weighted by Crippen LogP contribution is 2.17. The SMILES string of the molecule is CC(NC(=O)CCCCCCN)c1cccc(O)c1. The number of unbranched alkanes of at least 4 members (excludes halogenated alkanes) is 3. The number of nitrogens with one attached hydrogen (secondary N) is 1. The summed E-state index contributed by atoms with van der Waals surface area (Å²) >= 11 is 0. The summed E-state index contributed by atoms with van der Waals surface area (Å²) in [4.78, 5) is 11.7. The first kappa shape index (κ1) is 15.5. The van der Waals surface area contributed by atoms with E-state index in [0.29, 0.717) is 6.42 Å². The van der Waals surface area contributed by atoms with Crippen LogP contribution in [-0.4, -0.2) is 17.6 Å². The predicted molar refractivity (Wildman–Crippen MR) is 76.8 cm³/mol. The second-order valence-electron chi connectivity index (χ2n) is 4.84. The van der Waals surface area contributed by atoms with Crippen molar-refractivity contribution in [2.75, 3.05) is 6.54 Å². The molecule has 1 amide bonds. The minimum atomic E-state index is -0.0800. The van der Waals surface area contributed by atoms with Gasteiger partial charge in [0.2, 0.25) is 5.91 Å². The van der Waals surface area contributed by atoms with Crippen LogP contribution in [0.25, 0.3) is 0 Å². The number of rotatable bonds is 8. The number of amides is 1. The smallest absolute Gasteiger partial charge is 0.220 e. The van der Waals surface area contributed by atoms with Gasteiger partial charge in [-0.25, -0.2) is 0 Å². The van der Waals surface area contributed by atoms with E-state index in [1.807, 2.05) is 13.0 Å². The maximum atomic E-state index is 11.7. The zero-order valence-electron chi connectivity index (χ0n) is 11.6. The Balaban J connectivity index is 2.28. The Morgan fingerprint density at radius 2 is 2.05 bits per heavy atom. The van der Waals surface area contributed by atoms with Crippen molar-refractivity contribution in [1.82, 2.24) is 5.32 Å². The summed E-state index contributed by atoms with van der Waals surface area (Å²) < 4.78 is 0. The standard InChI is InChI=1S/C15H24N2O2/c1-12(13-7-6-8-14(18)11-13)17-15(19)9-4-2-3-5-10-16/h6-8,11-12,18H,2-5,9-10,16H2,1H3,(H,17,19). The molecule has 1 atom stereocenters. The number of benzene rings is 1. The number of nitrogens with two attached hydrogens (primary N) is 1. The molecule has 0 bridgehead atoms. The third kappa shape index (κ3) is 6.25. The van der Waals surface area contributed by atoms with Crippen LogP contribution < -0.4 is 11.1 Å². The molecule has 106 valence electrons. The molecule has 19 heavy (non-hydrogen) atoms. The number of hydrogen-bond acceptors (Lipinski definition) is 3. The molecule has 0 aliphatic rings. The minimum absolute atomic E-state index is 0.0589. The zero-order chi connectivity index (χ0) is 14.1. The van der Waals surface area contributed by atoms with Crippen LogP contribution in [0.5, 0.6) is 5.75 Å². The Kier molecular flexibility index (Phi) is 6.97. The quantitative estimate of drug-likeness (QED) is 0.631. The highest BCUT2D eigenvalue weighted by Gasteiger charge is 2.09. The molecular formula is C15H24N2O2. The van der Waals surface area contributed by atoms with Gasteiger partial charge in [-0.15, -0.1) is 0 Å². The largest absolute Gasteiger partial charge is 0.508 e. The fourth-order valence-electron chi connectivity index (χ4n) is 1.97. The molecule has 4 heteroatoms. The molecular weight excluding hydrogens is 240 g/mol. The van der Waals surface area contributed by atoms with E-state index in [0.717, 1.165) is 37.8 Å². The molecule has 0 spiro atoms. The van der Waals surface area contributed by atoms with Gasteiger partial charge in [-0.1, -0.05) is 25.0 Å². The molecule has 1 unspecified atom stereocenters. The van der Waals surface area contributed by atoms with Crippen molar-refractivity contribution in [3.63, 3.8) is 0 Å². The van der Waals surface area contributed by atoms with Crippen LogP contribution in [0.1, 0.15) is 50.6 Å². The van der Waals surface area contributed by atoms with Crippen LogP contribution in [0.15, 0.2) is 24.3 Å². The molecule has 4 nitrogen and oxygen atoms in total. The van der Waals surface area contributed by atoms with Crippen LogP contribution in [0.3, 0.4) is 0 Å². The summed E-state index contributed by atoms with van der Waals surface area (Å²) in [5.41, 5.74) is 6.33. The van der Waals surface area contributed by atoms with E-state index in [1.54, 1.807) is 18.2 Å². The number of phenolic OH excluding ortho intramolecular Hbond substituents is 1. The number of carbonyl (C=O) groups is 1. The van der Waals surface area contributed by atoms with Crippen molar-refractivity contribution >= 4 is 5.91 Å². The summed E-state index contributed by atoms with van der Waals surface area (Å²) in [6.07, 6.45) is 4.62. The fourth-order valence-corrected chi connectivity index (χ4v) is 1.97. The van der Waals surface area contributed by atoms with E-state index in [4.69, 9.17) is 5.73 Å². The minimum Gasteiger partial charge on any atom is -0.508 e. The summed E-state index contributed by atoms with van der Waals surface area (Å²) in [7, 11) is 0. The van der Waals surface area contributed by atoms with Gasteiger partial charge in [-0.2, -0.15) is 0 Å². The van der Waals surface area contributed by atoms with Crippen LogP contribution in [0, 0.1) is 0 Å². The van der Waals surface area contributed by atoms with Gasteiger partial charge in [-0.05, 0) is 44.0 Å². The molecule has 0 aliphatic heterocycles. The van der Waals surface area contributed by atoms with Crippen molar-refractivity contribution in [3.05, 3.63) is 29.8 Å². The van der Waals surface area contributed by atoms with Gasteiger partial charge in [0.1, 0.15) is 5.75 Å². The summed E-state index contributed by atoms with van der Waals surface area (Å²) in [6.45, 7) is 2.64. The van der Waals surface area contributed by atoms with Gasteiger partial charge in [0.05, 0.1) is 6.04 Å². The molecule has 0 fully saturated rings. The Bertz CT molecular complexity index is 393. The van der Waals surface area contributed by atoms with Crippen LogP contribution >= 0.6 is 0 Å². The van der Waals surface area contributed by atoms with E-state index in [-0.39, 0.29) is 17.7 Å². The topological polar surface area (TPSA) is 75.4 Å². The van der Waals surface area contributed by atoms with Gasteiger partial charge < -0.3 is 16.2 Å². The third-order valence-corrected chi connectivity index (χ3v) is 3.11. The van der Waals surface area contributed by atoms with Crippen LogP contribution in [0.4, 0.5) is 0 Å². The van der Waals surface area contributed by atoms with E-state index in [2.05, 4.69) is 5.32 Å². The fraction of sp³-hybridized carbons (Fsp3) is 0.533. The van der Waals surface area contributed by atoms with E-state index in [9.17, 15) is 9.90 Å². The Labute approximate surface area is 115 Å². The highest BCUT2D eigenvalue weighted by atomic mass is 16.3. The first-order valence-corrected chi connectivity index (χ1v) is 6.92. The van der Waals surface area contributed by atoms with Gasteiger partial charge in [0.25, 0.3) is 0 Å². The average Bonchev–Trinajstić information content (AvgIpc) is 2.38. The van der Waals surface area contributed by atoms with Crippen molar-refractivity contribution in [2.45, 2.75) is 45.1 Å². The summed E-state index contributed by atoms with van der Waals surface area (Å²) in [6, 6.07) is 6.89. The molecule has 1 rings (SSSR count). The lowest BCUT2D eigenvalue weighted by Gasteiger charge is -2.14. The van der Waals surface area contributed by atoms with E-state index < -0.39 is 0 Å². The number of carbonyl (C=O) groups excluding carboxylic acids is 1. The van der Waals surface area contributed by atoms with Crippen molar-refractivity contribution in [3.8, 4) is 5.75 Å². The monoisotopic (exact) mass is 264 g/mol. The number of hydrogen-bond donors (Lipinski definition) is 3. The van der Waals surface area contributed by atoms with Gasteiger partial charge in [0.15, 0.2) is 0 Å². The molecule has 1 aromatic rings. The van der Waals surface area contributed by atoms with Crippen LogP contribution in [-0.2, 0) is 4.79 Å². The summed E-state index contributed by atoms with van der Waals surface area (Å²) in [5.74, 6) is 0.281. The second kappa shape index (κ2) is 8.53. The molecule has 4 N–H and O–H groups in total. The Morgan fingerprint density at radius 3 is 2.74 bits per heavy atom. The Hall–Kier alpha value is -1.55. The van der Waals surface area contributed by atoms with Crippen molar-refractivity contribution < 1.29 is 9.90 Å². The zero-order valence-corrected chi connectivity index (χ0v) is 11.6. The summed E-state index contributed by atoms with van der Waals surface area (Å²) in [5, 5.41) is 12.3. The first-order valence-electron chi connectivity index (χ1n) is 6.92. The highest BCUT2D eigenvalue weighted by molar-refractivity contribution is 5.76. The molecule has 0 aliphatic carbocycles. The molecule has 0 radical (unpaired) electrons. The van der Waals surface area contributed by atoms with Gasteiger partial charge in [0, 0.05) is 6.42 Å². The van der Waals surface area contributed by atoms with Gasteiger partial charge >= 0.3 is 0 Å². The molecule has 0 saturated heterocycles. The van der Waals surface area contributed by atoms with E-state index >= 15 is 0 Å². The molecule has 0 aromatic heterocycles. The van der Waals surface area contributed by atoms with Crippen molar-refractivity contribution in [2.24, 2.45) is 5.73 Å². The third-order valence-electron chi connectivity index (χ3n) is 3.11. The second-order valence-corrected chi connectivity index (χ2v) is 4.84. The normalized spacial score (nSPS) is 12.1. The van der Waals surface area contributed by atoms with Crippen molar-refractivity contribution in [1.29, 1.82) is 0 Å². The number of aromatic hydroxyl groups is 1. The lowest BCUT2D eigenvalue weighted by molar-refractivity contribution is -0.121. The maximum Gasteiger partial charge on any atom is 0.220 e. The number of phenols is 1. The average molecular weight is 264 g/mol. The lowest BCUT2D eigenvalue weighted by atomic mass is 10.1. The van der Waals surface area contributed by atoms with Gasteiger partial charge in [-0.3, -0.25) is 4.79 Å². The predicted octanol–water partition coefficient (Wildman–Crippen LogP) is 2.48. The van der Waals surface area contributed by atoms with Crippen LogP contribution in [0.2, 0.25) is 0 Å².